The maximum atomic E-state index is 13.8. The molecule has 0 amide bonds. The molecule has 2 fully saturated rings. The van der Waals surface area contributed by atoms with Gasteiger partial charge in [0, 0.05) is 17.5 Å². The van der Waals surface area contributed by atoms with Gasteiger partial charge in [-0.05, 0) is 56.8 Å². The second-order valence-electron chi connectivity index (χ2n) is 9.42. The van der Waals surface area contributed by atoms with E-state index in [0.29, 0.717) is 18.6 Å². The molecule has 1 aromatic rings. The summed E-state index contributed by atoms with van der Waals surface area (Å²) in [5.74, 6) is 2.43. The molecule has 2 bridgehead atoms. The number of hydrogen-bond donors (Lipinski definition) is 0. The van der Waals surface area contributed by atoms with Crippen LogP contribution in [0.15, 0.2) is 12.1 Å². The fraction of sp³-hybridized carbons (Fsp3) is 0.696. The van der Waals surface area contributed by atoms with E-state index < -0.39 is 5.60 Å². The highest BCUT2D eigenvalue weighted by Gasteiger charge is 2.75. The highest BCUT2D eigenvalue weighted by atomic mass is 79.9. The Morgan fingerprint density at radius 2 is 2.18 bits per heavy atom. The summed E-state index contributed by atoms with van der Waals surface area (Å²) in [6.45, 7) is 8.12. The Kier molecular flexibility index (Phi) is 4.20. The third-order valence-corrected chi connectivity index (χ3v) is 8.71. The second-order valence-corrected chi connectivity index (χ2v) is 10.5. The third-order valence-electron chi connectivity index (χ3n) is 7.92. The van der Waals surface area contributed by atoms with Crippen LogP contribution in [0.4, 0.5) is 0 Å². The van der Waals surface area contributed by atoms with Gasteiger partial charge in [-0.2, -0.15) is 0 Å². The van der Waals surface area contributed by atoms with E-state index in [4.69, 9.17) is 9.47 Å². The van der Waals surface area contributed by atoms with Crippen LogP contribution in [0.25, 0.3) is 0 Å². The van der Waals surface area contributed by atoms with E-state index in [0.717, 1.165) is 43.7 Å². The van der Waals surface area contributed by atoms with E-state index in [2.05, 4.69) is 60.8 Å². The van der Waals surface area contributed by atoms with Crippen LogP contribution in [0.3, 0.4) is 0 Å². The first-order valence-electron chi connectivity index (χ1n) is 10.7. The number of ketones is 1. The number of carbonyl (C=O) groups is 1. The van der Waals surface area contributed by atoms with Gasteiger partial charge >= 0.3 is 0 Å². The first kappa shape index (κ1) is 18.9. The molecule has 1 unspecified atom stereocenters. The first-order chi connectivity index (χ1) is 13.4. The molecule has 1 spiro atoms. The molecule has 1 saturated heterocycles. The monoisotopic (exact) mass is 447 g/mol. The highest BCUT2D eigenvalue weighted by Crippen LogP contribution is 2.69. The summed E-state index contributed by atoms with van der Waals surface area (Å²) < 4.78 is 13.0. The van der Waals surface area contributed by atoms with Gasteiger partial charge in [0.25, 0.3) is 0 Å². The Hall–Kier alpha value is -1.07. The number of benzene rings is 1. The molecule has 4 nitrogen and oxygen atoms in total. The van der Waals surface area contributed by atoms with Crippen LogP contribution in [-0.4, -0.2) is 47.4 Å². The van der Waals surface area contributed by atoms with E-state index in [1.54, 1.807) is 0 Å². The predicted molar refractivity (Wildman–Crippen MR) is 113 cm³/mol. The number of ether oxygens (including phenoxy) is 2. The number of Topliss-reactive ketones (excluding diaryl/α,β-unsaturated/α-hetero) is 1. The molecule has 152 valence electrons. The van der Waals surface area contributed by atoms with Crippen molar-refractivity contribution in [1.29, 1.82) is 0 Å². The standard InChI is InChI=1S/C23H30BrNO3/c1-5-10-27-18-7-6-14-11-17-15-12-16(24)21(26)23(13(2)3)22(15,8-9-25(17)4)19(14)20(18)28-23/h6-7,13,15-17H,5,8-12H2,1-4H3/t15-,16?,17+,22-,23-/m0/s1. The number of carbonyl (C=O) groups excluding carboxylic acids is 1. The SMILES string of the molecule is CCCOc1ccc2c3c1O[C@@]1(C(C)C)C(=O)C(Br)C[C@H]4[C@@H](C2)N(C)CC[C@@]341. The van der Waals surface area contributed by atoms with E-state index in [-0.39, 0.29) is 21.9 Å². The van der Waals surface area contributed by atoms with Crippen LogP contribution in [0.2, 0.25) is 0 Å². The van der Waals surface area contributed by atoms with Crippen LogP contribution < -0.4 is 9.47 Å². The average Bonchev–Trinajstić information content (AvgIpc) is 2.99. The maximum absolute atomic E-state index is 13.8. The van der Waals surface area contributed by atoms with Gasteiger partial charge < -0.3 is 14.4 Å². The molecule has 2 aliphatic carbocycles. The number of nitrogens with zero attached hydrogens (tertiary/aromatic N) is 1. The van der Waals surface area contributed by atoms with E-state index in [1.165, 1.54) is 11.1 Å². The first-order valence-corrected chi connectivity index (χ1v) is 11.7. The predicted octanol–water partition coefficient (Wildman–Crippen LogP) is 4.11. The Bertz CT molecular complexity index is 839. The molecular weight excluding hydrogens is 418 g/mol. The maximum Gasteiger partial charge on any atom is 0.191 e. The number of likely N-dealkylation sites (N-methyl/N-ethyl adjacent to an activating group) is 1. The van der Waals surface area contributed by atoms with Gasteiger partial charge in [-0.3, -0.25) is 4.79 Å². The normalized spacial score (nSPS) is 38.4. The molecule has 5 rings (SSSR count). The number of rotatable bonds is 4. The quantitative estimate of drug-likeness (QED) is 0.650. The minimum Gasteiger partial charge on any atom is -0.490 e. The van der Waals surface area contributed by atoms with Crippen LogP contribution >= 0.6 is 15.9 Å². The lowest BCUT2D eigenvalue weighted by Gasteiger charge is -2.62. The van der Waals surface area contributed by atoms with Crippen molar-refractivity contribution >= 4 is 21.7 Å². The van der Waals surface area contributed by atoms with Gasteiger partial charge in [-0.25, -0.2) is 0 Å². The van der Waals surface area contributed by atoms with Crippen molar-refractivity contribution in [1.82, 2.24) is 4.90 Å². The number of piperidine rings is 1. The molecule has 0 aromatic heterocycles. The van der Waals surface area contributed by atoms with E-state index >= 15 is 0 Å². The summed E-state index contributed by atoms with van der Waals surface area (Å²) in [5.41, 5.74) is 1.63. The van der Waals surface area contributed by atoms with Crippen molar-refractivity contribution in [3.05, 3.63) is 23.3 Å². The van der Waals surface area contributed by atoms with Crippen molar-refractivity contribution in [3.63, 3.8) is 0 Å². The molecule has 0 radical (unpaired) electrons. The third kappa shape index (κ3) is 2.03. The van der Waals surface area contributed by atoms with Gasteiger partial charge in [0.1, 0.15) is 0 Å². The van der Waals surface area contributed by atoms with Gasteiger partial charge in [0.15, 0.2) is 22.9 Å². The van der Waals surface area contributed by atoms with Crippen LogP contribution in [0.1, 0.15) is 51.2 Å². The molecule has 5 heteroatoms. The van der Waals surface area contributed by atoms with E-state index in [9.17, 15) is 4.79 Å². The molecule has 28 heavy (non-hydrogen) atoms. The fourth-order valence-corrected chi connectivity index (χ4v) is 7.61. The van der Waals surface area contributed by atoms with Crippen molar-refractivity contribution in [2.75, 3.05) is 20.2 Å². The molecule has 2 aliphatic heterocycles. The zero-order valence-electron chi connectivity index (χ0n) is 17.3. The largest absolute Gasteiger partial charge is 0.490 e. The number of halogens is 1. The topological polar surface area (TPSA) is 38.8 Å². The van der Waals surface area contributed by atoms with Crippen molar-refractivity contribution in [3.8, 4) is 11.5 Å². The fourth-order valence-electron chi connectivity index (χ4n) is 6.87. The zero-order valence-corrected chi connectivity index (χ0v) is 18.8. The minimum atomic E-state index is -0.799. The van der Waals surface area contributed by atoms with Crippen molar-refractivity contribution in [2.24, 2.45) is 11.8 Å². The molecular formula is C23H30BrNO3. The number of alkyl halides is 1. The number of hydrogen-bond acceptors (Lipinski definition) is 4. The summed E-state index contributed by atoms with van der Waals surface area (Å²) in [6, 6.07) is 4.76. The summed E-state index contributed by atoms with van der Waals surface area (Å²) in [5, 5.41) is 0. The Morgan fingerprint density at radius 1 is 1.39 bits per heavy atom. The number of likely N-dealkylation sites (tertiary alicyclic amines) is 1. The summed E-state index contributed by atoms with van der Waals surface area (Å²) in [4.78, 5) is 16.2. The lowest BCUT2D eigenvalue weighted by atomic mass is 9.45. The average molecular weight is 448 g/mol. The van der Waals surface area contributed by atoms with Gasteiger partial charge in [-0.15, -0.1) is 0 Å². The highest BCUT2D eigenvalue weighted by molar-refractivity contribution is 9.10. The van der Waals surface area contributed by atoms with E-state index in [1.807, 2.05) is 0 Å². The van der Waals surface area contributed by atoms with Gasteiger partial charge in [0.2, 0.25) is 0 Å². The Labute approximate surface area is 176 Å². The van der Waals surface area contributed by atoms with Crippen molar-refractivity contribution < 1.29 is 14.3 Å². The Balaban J connectivity index is 1.81. The zero-order chi connectivity index (χ0) is 19.8. The molecule has 0 N–H and O–H groups in total. The molecule has 2 heterocycles. The summed E-state index contributed by atoms with van der Waals surface area (Å²) in [6.07, 6.45) is 3.86. The molecule has 4 aliphatic rings. The summed E-state index contributed by atoms with van der Waals surface area (Å²) >= 11 is 3.75. The van der Waals surface area contributed by atoms with Crippen LogP contribution in [0.5, 0.6) is 11.5 Å². The second kappa shape index (κ2) is 6.21. The van der Waals surface area contributed by atoms with Crippen molar-refractivity contribution in [2.45, 2.75) is 68.3 Å². The molecule has 1 aromatic carbocycles. The molecule has 1 saturated carbocycles. The van der Waals surface area contributed by atoms with Crippen LogP contribution in [0, 0.1) is 11.8 Å². The van der Waals surface area contributed by atoms with Crippen LogP contribution in [-0.2, 0) is 16.6 Å². The Morgan fingerprint density at radius 3 is 2.89 bits per heavy atom. The molecule has 5 atom stereocenters. The minimum absolute atomic E-state index is 0.101. The lowest BCUT2D eigenvalue weighted by molar-refractivity contribution is -0.163. The van der Waals surface area contributed by atoms with Gasteiger partial charge in [0.05, 0.1) is 16.8 Å². The summed E-state index contributed by atoms with van der Waals surface area (Å²) in [7, 11) is 2.24. The lowest BCUT2D eigenvalue weighted by Crippen LogP contribution is -2.75. The smallest absolute Gasteiger partial charge is 0.191 e. The van der Waals surface area contributed by atoms with Gasteiger partial charge in [-0.1, -0.05) is 42.8 Å².